The first-order valence-corrected chi connectivity index (χ1v) is 5.22. The Morgan fingerprint density at radius 3 is 1.67 bits per heavy atom. The van der Waals surface area contributed by atoms with E-state index in [0.717, 1.165) is 0 Å². The molecule has 72 valence electrons. The molecule has 0 amide bonds. The van der Waals surface area contributed by atoms with Gasteiger partial charge in [-0.15, -0.1) is 0 Å². The van der Waals surface area contributed by atoms with E-state index in [1.54, 1.807) is 0 Å². The average molecular weight is 194 g/mol. The Morgan fingerprint density at radius 1 is 1.25 bits per heavy atom. The van der Waals surface area contributed by atoms with Crippen molar-refractivity contribution in [2.24, 2.45) is 0 Å². The Hall–Kier alpha value is -0.433. The summed E-state index contributed by atoms with van der Waals surface area (Å²) in [7, 11) is 1.18. The molecular weight excluding hydrogens is 180 g/mol. The summed E-state index contributed by atoms with van der Waals surface area (Å²) in [5.41, 5.74) is -0.752. The fraction of sp³-hybridized carbons (Fsp3) is 0.833. The molecule has 0 heterocycles. The Balaban J connectivity index is 4.58. The fourth-order valence-corrected chi connectivity index (χ4v) is 2.79. The van der Waals surface area contributed by atoms with Gasteiger partial charge in [0, 0.05) is 21.3 Å². The zero-order chi connectivity index (χ0) is 9.78. The predicted octanol–water partition coefficient (Wildman–Crippen LogP) is 0.339. The van der Waals surface area contributed by atoms with Gasteiger partial charge in [-0.1, -0.05) is 0 Å². The molecule has 0 aliphatic carbocycles. The predicted molar refractivity (Wildman–Crippen MR) is 43.8 cm³/mol. The van der Waals surface area contributed by atoms with Crippen LogP contribution in [0.1, 0.15) is 6.92 Å². The number of hydrogen-bond donors (Lipinski definition) is 1. The van der Waals surface area contributed by atoms with Crippen molar-refractivity contribution in [3.63, 3.8) is 0 Å². The van der Waals surface area contributed by atoms with Crippen LogP contribution in [0.25, 0.3) is 0 Å². The monoisotopic (exact) mass is 194 g/mol. The van der Waals surface area contributed by atoms with Crippen LogP contribution in [0.5, 0.6) is 0 Å². The van der Waals surface area contributed by atoms with Gasteiger partial charge in [0.1, 0.15) is 5.54 Å². The molecule has 0 aromatic heterocycles. The number of hydrogen-bond acceptors (Lipinski definition) is 4. The van der Waals surface area contributed by atoms with Gasteiger partial charge in [-0.3, -0.25) is 4.79 Å². The molecule has 1 N–H and O–H groups in total. The van der Waals surface area contributed by atoms with E-state index in [1.165, 1.54) is 28.3 Å². The van der Waals surface area contributed by atoms with Gasteiger partial charge in [-0.25, -0.2) is 0 Å². The molecule has 0 aromatic rings. The second-order valence-electron chi connectivity index (χ2n) is 2.28. The summed E-state index contributed by atoms with van der Waals surface area (Å²) in [5, 5.41) is 8.71. The lowest BCUT2D eigenvalue weighted by atomic mass is 10.5. The van der Waals surface area contributed by atoms with E-state index >= 15 is 0 Å². The third-order valence-electron chi connectivity index (χ3n) is 1.75. The first-order valence-electron chi connectivity index (χ1n) is 3.42. The molecule has 12 heavy (non-hydrogen) atoms. The summed E-state index contributed by atoms with van der Waals surface area (Å²) in [5.74, 6) is -0.979. The minimum atomic E-state index is -2.98. The van der Waals surface area contributed by atoms with E-state index in [0.29, 0.717) is 0 Å². The largest absolute Gasteiger partial charge is 0.514 e. The van der Waals surface area contributed by atoms with Gasteiger partial charge < -0.3 is 18.4 Å². The molecule has 0 bridgehead atoms. The molecule has 0 saturated heterocycles. The number of carboxylic acid groups (broad SMARTS) is 1. The van der Waals surface area contributed by atoms with E-state index in [-0.39, 0.29) is 0 Å². The Bertz CT molecular complexity index is 148. The summed E-state index contributed by atoms with van der Waals surface area (Å²) in [6, 6.07) is 0. The SMILES string of the molecule is CO[Si](OC)(OC)C(C)C(=O)O. The van der Waals surface area contributed by atoms with Crippen molar-refractivity contribution in [2.45, 2.75) is 12.5 Å². The van der Waals surface area contributed by atoms with Gasteiger partial charge >= 0.3 is 14.8 Å². The molecule has 0 aromatic carbocycles. The van der Waals surface area contributed by atoms with Crippen LogP contribution in [-0.2, 0) is 18.1 Å². The van der Waals surface area contributed by atoms with E-state index in [4.69, 9.17) is 18.4 Å². The molecule has 0 radical (unpaired) electrons. The highest BCUT2D eigenvalue weighted by Crippen LogP contribution is 2.23. The number of carbonyl (C=O) groups is 1. The maximum Gasteiger partial charge on any atom is 0.514 e. The van der Waals surface area contributed by atoms with Crippen molar-refractivity contribution < 1.29 is 23.2 Å². The van der Waals surface area contributed by atoms with Crippen molar-refractivity contribution in [2.75, 3.05) is 21.3 Å². The minimum Gasteiger partial charge on any atom is -0.481 e. The molecule has 1 unspecified atom stereocenters. The molecule has 0 aliphatic rings. The molecule has 0 rings (SSSR count). The zero-order valence-corrected chi connectivity index (χ0v) is 8.66. The molecular formula is C6H14O5Si. The zero-order valence-electron chi connectivity index (χ0n) is 7.66. The number of aliphatic carboxylic acids is 1. The van der Waals surface area contributed by atoms with E-state index in [9.17, 15) is 4.79 Å². The van der Waals surface area contributed by atoms with Gasteiger partial charge in [0.05, 0.1) is 0 Å². The first kappa shape index (κ1) is 11.6. The summed E-state index contributed by atoms with van der Waals surface area (Å²) in [6.07, 6.45) is 0. The lowest BCUT2D eigenvalue weighted by Gasteiger charge is -2.27. The second kappa shape index (κ2) is 4.56. The Morgan fingerprint density at radius 2 is 1.58 bits per heavy atom. The molecule has 0 saturated carbocycles. The standard InChI is InChI=1S/C6H14O5Si/c1-5(6(7)8)12(9-2,10-3)11-4/h5H,1-4H3,(H,7,8). The van der Waals surface area contributed by atoms with Crippen LogP contribution in [0.4, 0.5) is 0 Å². The van der Waals surface area contributed by atoms with Gasteiger partial charge in [0.25, 0.3) is 0 Å². The maximum absolute atomic E-state index is 10.6. The molecule has 5 nitrogen and oxygen atoms in total. The minimum absolute atomic E-state index is 0.752. The van der Waals surface area contributed by atoms with Gasteiger partial charge in [0.2, 0.25) is 0 Å². The molecule has 1 atom stereocenters. The summed E-state index contributed by atoms with van der Waals surface area (Å²) < 4.78 is 14.9. The second-order valence-corrected chi connectivity index (χ2v) is 5.57. The van der Waals surface area contributed by atoms with E-state index in [2.05, 4.69) is 0 Å². The summed E-state index contributed by atoms with van der Waals surface area (Å²) in [6.45, 7) is 1.51. The third kappa shape index (κ3) is 2.04. The van der Waals surface area contributed by atoms with Crippen molar-refractivity contribution in [3.8, 4) is 0 Å². The van der Waals surface area contributed by atoms with Crippen LogP contribution >= 0.6 is 0 Å². The van der Waals surface area contributed by atoms with Crippen molar-refractivity contribution in [3.05, 3.63) is 0 Å². The number of carboxylic acids is 1. The van der Waals surface area contributed by atoms with Crippen LogP contribution < -0.4 is 0 Å². The third-order valence-corrected chi connectivity index (χ3v) is 4.77. The lowest BCUT2D eigenvalue weighted by Crippen LogP contribution is -2.49. The molecule has 6 heteroatoms. The van der Waals surface area contributed by atoms with Gasteiger partial charge in [-0.05, 0) is 6.92 Å². The van der Waals surface area contributed by atoms with Crippen molar-refractivity contribution in [1.82, 2.24) is 0 Å². The lowest BCUT2D eigenvalue weighted by molar-refractivity contribution is -0.138. The number of rotatable bonds is 5. The fourth-order valence-electron chi connectivity index (χ4n) is 0.932. The highest BCUT2D eigenvalue weighted by molar-refractivity contribution is 6.65. The molecule has 0 fully saturated rings. The topological polar surface area (TPSA) is 65.0 Å². The van der Waals surface area contributed by atoms with E-state index < -0.39 is 20.3 Å². The molecule has 0 aliphatic heterocycles. The quantitative estimate of drug-likeness (QED) is 0.639. The van der Waals surface area contributed by atoms with Crippen LogP contribution in [0.3, 0.4) is 0 Å². The van der Waals surface area contributed by atoms with Crippen LogP contribution in [0.2, 0.25) is 5.54 Å². The Labute approximate surface area is 72.6 Å². The summed E-state index contributed by atoms with van der Waals surface area (Å²) >= 11 is 0. The Kier molecular flexibility index (Phi) is 4.39. The van der Waals surface area contributed by atoms with Crippen molar-refractivity contribution in [1.29, 1.82) is 0 Å². The van der Waals surface area contributed by atoms with Crippen LogP contribution in [0, 0.1) is 0 Å². The van der Waals surface area contributed by atoms with Gasteiger partial charge in [0.15, 0.2) is 0 Å². The highest BCUT2D eigenvalue weighted by atomic mass is 28.4. The van der Waals surface area contributed by atoms with Crippen molar-refractivity contribution >= 4 is 14.8 Å². The van der Waals surface area contributed by atoms with Crippen LogP contribution in [0.15, 0.2) is 0 Å². The smallest absolute Gasteiger partial charge is 0.481 e. The average Bonchev–Trinajstić information content (AvgIpc) is 2.08. The van der Waals surface area contributed by atoms with Crippen LogP contribution in [-0.4, -0.2) is 41.2 Å². The first-order chi connectivity index (χ1) is 5.54. The van der Waals surface area contributed by atoms with Gasteiger partial charge in [-0.2, -0.15) is 0 Å². The molecule has 0 spiro atoms. The van der Waals surface area contributed by atoms with E-state index in [1.807, 2.05) is 0 Å². The summed E-state index contributed by atoms with van der Waals surface area (Å²) in [4.78, 5) is 10.6. The maximum atomic E-state index is 10.6. The normalized spacial score (nSPS) is 14.3. The highest BCUT2D eigenvalue weighted by Gasteiger charge is 2.48.